The number of benzene rings is 1. The third-order valence-corrected chi connectivity index (χ3v) is 3.94. The highest BCUT2D eigenvalue weighted by Gasteiger charge is 2.27. The SMILES string of the molecule is CC1(C)COC(c2cccc(OC(=O)NC3CCCC3)c2)=N1. The molecule has 1 aliphatic carbocycles. The molecule has 0 unspecified atom stereocenters. The smallest absolute Gasteiger partial charge is 0.412 e. The van der Waals surface area contributed by atoms with Gasteiger partial charge in [0.05, 0.1) is 5.54 Å². The Morgan fingerprint density at radius 1 is 1.36 bits per heavy atom. The lowest BCUT2D eigenvalue weighted by molar-refractivity contribution is 0.196. The Kier molecular flexibility index (Phi) is 4.05. The second kappa shape index (κ2) is 5.99. The maximum atomic E-state index is 11.9. The standard InChI is InChI=1S/C17H22N2O3/c1-17(2)11-21-15(19-17)12-6-5-9-14(10-12)22-16(20)18-13-7-3-4-8-13/h5-6,9-10,13H,3-4,7-8,11H2,1-2H3,(H,18,20). The van der Waals surface area contributed by atoms with E-state index in [-0.39, 0.29) is 11.6 Å². The maximum Gasteiger partial charge on any atom is 0.412 e. The molecule has 1 heterocycles. The van der Waals surface area contributed by atoms with Crippen LogP contribution in [0.2, 0.25) is 0 Å². The summed E-state index contributed by atoms with van der Waals surface area (Å²) < 4.78 is 11.0. The van der Waals surface area contributed by atoms with Crippen molar-refractivity contribution in [1.82, 2.24) is 5.32 Å². The molecule has 1 aromatic carbocycles. The van der Waals surface area contributed by atoms with Crippen LogP contribution in [0, 0.1) is 0 Å². The van der Waals surface area contributed by atoms with E-state index in [0.717, 1.165) is 18.4 Å². The first-order valence-corrected chi connectivity index (χ1v) is 7.83. The molecule has 0 atom stereocenters. The van der Waals surface area contributed by atoms with Crippen LogP contribution in [0.3, 0.4) is 0 Å². The second-order valence-corrected chi connectivity index (χ2v) is 6.56. The van der Waals surface area contributed by atoms with Crippen molar-refractivity contribution < 1.29 is 14.3 Å². The Morgan fingerprint density at radius 3 is 2.82 bits per heavy atom. The highest BCUT2D eigenvalue weighted by Crippen LogP contribution is 2.23. The molecule has 5 heteroatoms. The molecular formula is C17H22N2O3. The molecule has 118 valence electrons. The van der Waals surface area contributed by atoms with E-state index in [1.54, 1.807) is 12.1 Å². The number of carbonyl (C=O) groups is 1. The van der Waals surface area contributed by atoms with Gasteiger partial charge in [-0.2, -0.15) is 0 Å². The van der Waals surface area contributed by atoms with Gasteiger partial charge in [-0.25, -0.2) is 9.79 Å². The molecule has 5 nitrogen and oxygen atoms in total. The molecule has 1 saturated carbocycles. The van der Waals surface area contributed by atoms with Gasteiger partial charge < -0.3 is 14.8 Å². The van der Waals surface area contributed by atoms with Crippen molar-refractivity contribution in [3.63, 3.8) is 0 Å². The Balaban J connectivity index is 1.65. The van der Waals surface area contributed by atoms with Crippen LogP contribution in [0.5, 0.6) is 5.75 Å². The summed E-state index contributed by atoms with van der Waals surface area (Å²) >= 11 is 0. The zero-order chi connectivity index (χ0) is 15.6. The van der Waals surface area contributed by atoms with Crippen LogP contribution in [-0.2, 0) is 4.74 Å². The fourth-order valence-electron chi connectivity index (χ4n) is 2.80. The van der Waals surface area contributed by atoms with Gasteiger partial charge in [0.15, 0.2) is 0 Å². The van der Waals surface area contributed by atoms with Crippen molar-refractivity contribution in [3.05, 3.63) is 29.8 Å². The van der Waals surface area contributed by atoms with Crippen molar-refractivity contribution in [2.45, 2.75) is 51.1 Å². The molecule has 0 saturated heterocycles. The summed E-state index contributed by atoms with van der Waals surface area (Å²) in [7, 11) is 0. The van der Waals surface area contributed by atoms with E-state index in [2.05, 4.69) is 10.3 Å². The van der Waals surface area contributed by atoms with E-state index in [1.807, 2.05) is 26.0 Å². The molecular weight excluding hydrogens is 280 g/mol. The fourth-order valence-corrected chi connectivity index (χ4v) is 2.80. The van der Waals surface area contributed by atoms with Crippen LogP contribution in [0.25, 0.3) is 0 Å². The lowest BCUT2D eigenvalue weighted by atomic mass is 10.1. The summed E-state index contributed by atoms with van der Waals surface area (Å²) in [6.45, 7) is 4.61. The average Bonchev–Trinajstić information content (AvgIpc) is 3.08. The average molecular weight is 302 g/mol. The van der Waals surface area contributed by atoms with Crippen molar-refractivity contribution >= 4 is 12.0 Å². The second-order valence-electron chi connectivity index (χ2n) is 6.56. The van der Waals surface area contributed by atoms with Crippen molar-refractivity contribution in [3.8, 4) is 5.75 Å². The topological polar surface area (TPSA) is 59.9 Å². The number of aliphatic imine (C=N–C) groups is 1. The molecule has 22 heavy (non-hydrogen) atoms. The van der Waals surface area contributed by atoms with Gasteiger partial charge in [-0.3, -0.25) is 0 Å². The molecule has 1 N–H and O–H groups in total. The van der Waals surface area contributed by atoms with Crippen LogP contribution >= 0.6 is 0 Å². The summed E-state index contributed by atoms with van der Waals surface area (Å²) in [5.41, 5.74) is 0.628. The minimum Gasteiger partial charge on any atom is -0.475 e. The fraction of sp³-hybridized carbons (Fsp3) is 0.529. The maximum absolute atomic E-state index is 11.9. The van der Waals surface area contributed by atoms with Gasteiger partial charge in [0.1, 0.15) is 12.4 Å². The molecule has 0 aromatic heterocycles. The van der Waals surface area contributed by atoms with E-state index in [0.29, 0.717) is 18.3 Å². The third-order valence-electron chi connectivity index (χ3n) is 3.94. The lowest BCUT2D eigenvalue weighted by Gasteiger charge is -2.12. The van der Waals surface area contributed by atoms with E-state index >= 15 is 0 Å². The predicted octanol–water partition coefficient (Wildman–Crippen LogP) is 3.27. The van der Waals surface area contributed by atoms with Gasteiger partial charge in [-0.1, -0.05) is 18.9 Å². The predicted molar refractivity (Wildman–Crippen MR) is 84.4 cm³/mol. The molecule has 1 aromatic rings. The number of hydrogen-bond acceptors (Lipinski definition) is 4. The number of carbonyl (C=O) groups excluding carboxylic acids is 1. The number of hydrogen-bond donors (Lipinski definition) is 1. The zero-order valence-electron chi connectivity index (χ0n) is 13.1. The summed E-state index contributed by atoms with van der Waals surface area (Å²) in [6.07, 6.45) is 4.03. The van der Waals surface area contributed by atoms with Gasteiger partial charge in [0.25, 0.3) is 0 Å². The molecule has 1 amide bonds. The van der Waals surface area contributed by atoms with Gasteiger partial charge in [-0.05, 0) is 44.9 Å². The first-order chi connectivity index (χ1) is 10.5. The summed E-state index contributed by atoms with van der Waals surface area (Å²) in [5, 5.41) is 2.91. The molecule has 3 rings (SSSR count). The van der Waals surface area contributed by atoms with E-state index in [4.69, 9.17) is 9.47 Å². The van der Waals surface area contributed by atoms with Gasteiger partial charge in [0, 0.05) is 11.6 Å². The Labute approximate surface area is 130 Å². The highest BCUT2D eigenvalue weighted by atomic mass is 16.6. The number of ether oxygens (including phenoxy) is 2. The number of amides is 1. The van der Waals surface area contributed by atoms with Crippen LogP contribution < -0.4 is 10.1 Å². The first-order valence-electron chi connectivity index (χ1n) is 7.83. The van der Waals surface area contributed by atoms with E-state index in [1.165, 1.54) is 12.8 Å². The third kappa shape index (κ3) is 3.59. The minimum atomic E-state index is -0.390. The van der Waals surface area contributed by atoms with Crippen molar-refractivity contribution in [2.75, 3.05) is 6.61 Å². The van der Waals surface area contributed by atoms with Gasteiger partial charge >= 0.3 is 6.09 Å². The quantitative estimate of drug-likeness (QED) is 0.932. The Bertz CT molecular complexity index is 589. The van der Waals surface area contributed by atoms with Crippen molar-refractivity contribution in [2.24, 2.45) is 4.99 Å². The monoisotopic (exact) mass is 302 g/mol. The molecule has 0 bridgehead atoms. The molecule has 0 spiro atoms. The number of rotatable bonds is 3. The molecule has 1 aliphatic heterocycles. The molecule has 2 aliphatic rings. The van der Waals surface area contributed by atoms with Crippen molar-refractivity contribution in [1.29, 1.82) is 0 Å². The first kappa shape index (κ1) is 14.9. The molecule has 1 fully saturated rings. The van der Waals surface area contributed by atoms with Gasteiger partial charge in [0.2, 0.25) is 5.90 Å². The van der Waals surface area contributed by atoms with E-state index in [9.17, 15) is 4.79 Å². The van der Waals surface area contributed by atoms with Crippen LogP contribution in [0.1, 0.15) is 45.1 Å². The Morgan fingerprint density at radius 2 is 2.14 bits per heavy atom. The minimum absolute atomic E-state index is 0.202. The lowest BCUT2D eigenvalue weighted by Crippen LogP contribution is -2.34. The highest BCUT2D eigenvalue weighted by molar-refractivity contribution is 5.95. The largest absolute Gasteiger partial charge is 0.475 e. The van der Waals surface area contributed by atoms with Crippen LogP contribution in [0.15, 0.2) is 29.3 Å². The number of nitrogens with one attached hydrogen (secondary N) is 1. The zero-order valence-corrected chi connectivity index (χ0v) is 13.1. The van der Waals surface area contributed by atoms with Crippen LogP contribution in [-0.4, -0.2) is 30.2 Å². The number of nitrogens with zero attached hydrogens (tertiary/aromatic N) is 1. The summed E-state index contributed by atoms with van der Waals surface area (Å²) in [6, 6.07) is 7.54. The van der Waals surface area contributed by atoms with E-state index < -0.39 is 6.09 Å². The van der Waals surface area contributed by atoms with Gasteiger partial charge in [-0.15, -0.1) is 0 Å². The summed E-state index contributed by atoms with van der Waals surface area (Å²) in [4.78, 5) is 16.4. The Hall–Kier alpha value is -2.04. The summed E-state index contributed by atoms with van der Waals surface area (Å²) in [5.74, 6) is 1.11. The van der Waals surface area contributed by atoms with Crippen LogP contribution in [0.4, 0.5) is 4.79 Å². The molecule has 0 radical (unpaired) electrons. The normalized spacial score (nSPS) is 20.4.